The van der Waals surface area contributed by atoms with Crippen LogP contribution in [-0.2, 0) is 4.79 Å². The van der Waals surface area contributed by atoms with Crippen molar-refractivity contribution in [1.82, 2.24) is 14.8 Å². The monoisotopic (exact) mass is 385 g/mol. The van der Waals surface area contributed by atoms with Crippen LogP contribution in [0.15, 0.2) is 29.2 Å². The van der Waals surface area contributed by atoms with E-state index in [2.05, 4.69) is 4.98 Å². The highest BCUT2D eigenvalue weighted by atomic mass is 19.1. The van der Waals surface area contributed by atoms with Crippen molar-refractivity contribution in [2.75, 3.05) is 13.1 Å². The lowest BCUT2D eigenvalue weighted by molar-refractivity contribution is -0.147. The number of hydrogen-bond acceptors (Lipinski definition) is 3. The molecule has 148 valence electrons. The van der Waals surface area contributed by atoms with E-state index in [4.69, 9.17) is 0 Å². The molecule has 3 heterocycles. The van der Waals surface area contributed by atoms with Crippen molar-refractivity contribution in [1.29, 1.82) is 0 Å². The van der Waals surface area contributed by atoms with Gasteiger partial charge in [0.05, 0.1) is 0 Å². The molecule has 6 nitrogen and oxygen atoms in total. The van der Waals surface area contributed by atoms with Gasteiger partial charge in [-0.25, -0.2) is 4.39 Å². The third-order valence-electron chi connectivity index (χ3n) is 6.08. The lowest BCUT2D eigenvalue weighted by Crippen LogP contribution is -2.62. The Bertz CT molecular complexity index is 1020. The van der Waals surface area contributed by atoms with E-state index in [9.17, 15) is 18.8 Å². The van der Waals surface area contributed by atoms with E-state index < -0.39 is 22.7 Å². The number of H-pyrrole nitrogens is 1. The van der Waals surface area contributed by atoms with Crippen LogP contribution in [0, 0.1) is 5.82 Å². The molecule has 0 bridgehead atoms. The molecule has 1 unspecified atom stereocenters. The first kappa shape index (κ1) is 18.7. The van der Waals surface area contributed by atoms with E-state index in [1.807, 2.05) is 18.7 Å². The van der Waals surface area contributed by atoms with Crippen molar-refractivity contribution in [2.24, 2.45) is 0 Å². The summed E-state index contributed by atoms with van der Waals surface area (Å²) in [6, 6.07) is 3.94. The standard InChI is InChI=1S/C21H24FN3O3/c1-13(2)24-9-3-7-21(20(24)28)8-4-10-25(21)19(27)16-12-23-17-6-5-14(22)11-15(17)18(16)26/h5-6,11-13H,3-4,7-10H2,1-2H3,(H,23,26). The maximum Gasteiger partial charge on any atom is 0.260 e. The number of carbonyl (C=O) groups is 2. The molecule has 2 aromatic rings. The normalized spacial score (nSPS) is 22.6. The van der Waals surface area contributed by atoms with Gasteiger partial charge >= 0.3 is 0 Å². The summed E-state index contributed by atoms with van der Waals surface area (Å²) in [6.07, 6.45) is 4.16. The van der Waals surface area contributed by atoms with Gasteiger partial charge < -0.3 is 14.8 Å². The number of rotatable bonds is 2. The second-order valence-corrected chi connectivity index (χ2v) is 8.01. The lowest BCUT2D eigenvalue weighted by Gasteiger charge is -2.45. The van der Waals surface area contributed by atoms with E-state index >= 15 is 0 Å². The van der Waals surface area contributed by atoms with E-state index in [-0.39, 0.29) is 22.9 Å². The molecule has 1 aromatic heterocycles. The van der Waals surface area contributed by atoms with Gasteiger partial charge in [-0.2, -0.15) is 0 Å². The van der Waals surface area contributed by atoms with Gasteiger partial charge in [0, 0.05) is 36.2 Å². The highest BCUT2D eigenvalue weighted by molar-refractivity contribution is 6.01. The number of likely N-dealkylation sites (tertiary alicyclic amines) is 2. The molecule has 7 heteroatoms. The van der Waals surface area contributed by atoms with Crippen molar-refractivity contribution >= 4 is 22.7 Å². The van der Waals surface area contributed by atoms with Crippen LogP contribution in [0.4, 0.5) is 4.39 Å². The van der Waals surface area contributed by atoms with Crippen molar-refractivity contribution in [2.45, 2.75) is 51.1 Å². The molecule has 1 N–H and O–H groups in total. The van der Waals surface area contributed by atoms with Crippen LogP contribution in [0.1, 0.15) is 49.9 Å². The first-order chi connectivity index (χ1) is 13.3. The Morgan fingerprint density at radius 3 is 2.61 bits per heavy atom. The average molecular weight is 385 g/mol. The number of nitrogens with one attached hydrogen (secondary N) is 1. The number of amides is 2. The molecule has 1 spiro atoms. The Kier molecular flexibility index (Phi) is 4.48. The molecular formula is C21H24FN3O3. The van der Waals surface area contributed by atoms with E-state index in [0.717, 1.165) is 18.9 Å². The molecule has 2 aliphatic heterocycles. The molecule has 1 atom stereocenters. The first-order valence-corrected chi connectivity index (χ1v) is 9.79. The fourth-order valence-electron chi connectivity index (χ4n) is 4.66. The van der Waals surface area contributed by atoms with Gasteiger partial charge in [0.25, 0.3) is 5.91 Å². The predicted octanol–water partition coefficient (Wildman–Crippen LogP) is 2.67. The Hall–Kier alpha value is -2.70. The van der Waals surface area contributed by atoms with E-state index in [1.54, 1.807) is 4.90 Å². The summed E-state index contributed by atoms with van der Waals surface area (Å²) in [7, 11) is 0. The summed E-state index contributed by atoms with van der Waals surface area (Å²) in [6.45, 7) is 5.08. The number of fused-ring (bicyclic) bond motifs is 1. The van der Waals surface area contributed by atoms with Gasteiger partial charge in [-0.1, -0.05) is 0 Å². The zero-order valence-electron chi connectivity index (χ0n) is 16.1. The number of hydrogen-bond donors (Lipinski definition) is 1. The number of aromatic amines is 1. The molecule has 2 saturated heterocycles. The minimum absolute atomic E-state index is 0.0251. The smallest absolute Gasteiger partial charge is 0.260 e. The largest absolute Gasteiger partial charge is 0.360 e. The van der Waals surface area contributed by atoms with Gasteiger partial charge in [-0.05, 0) is 57.7 Å². The predicted molar refractivity (Wildman–Crippen MR) is 104 cm³/mol. The molecule has 4 rings (SSSR count). The van der Waals surface area contributed by atoms with Crippen LogP contribution in [-0.4, -0.2) is 51.3 Å². The van der Waals surface area contributed by atoms with Gasteiger partial charge in [0.15, 0.2) is 0 Å². The summed E-state index contributed by atoms with van der Waals surface area (Å²) in [5, 5.41) is 0.137. The van der Waals surface area contributed by atoms with Crippen molar-refractivity contribution < 1.29 is 14.0 Å². The molecule has 2 amide bonds. The summed E-state index contributed by atoms with van der Waals surface area (Å²) >= 11 is 0. The van der Waals surface area contributed by atoms with Crippen LogP contribution < -0.4 is 5.43 Å². The van der Waals surface area contributed by atoms with Crippen molar-refractivity contribution in [3.8, 4) is 0 Å². The van der Waals surface area contributed by atoms with Crippen LogP contribution in [0.5, 0.6) is 0 Å². The summed E-state index contributed by atoms with van der Waals surface area (Å²) in [5.74, 6) is -1.01. The molecule has 2 aliphatic rings. The molecule has 28 heavy (non-hydrogen) atoms. The highest BCUT2D eigenvalue weighted by Crippen LogP contribution is 2.39. The van der Waals surface area contributed by atoms with Crippen LogP contribution in [0.2, 0.25) is 0 Å². The fourth-order valence-corrected chi connectivity index (χ4v) is 4.66. The SMILES string of the molecule is CC(C)N1CCCC2(CCCN2C(=O)c2c[nH]c3ccc(F)cc3c2=O)C1=O. The first-order valence-electron chi connectivity index (χ1n) is 9.79. The number of carbonyl (C=O) groups excluding carboxylic acids is 2. The molecule has 0 aliphatic carbocycles. The quantitative estimate of drug-likeness (QED) is 0.864. The minimum Gasteiger partial charge on any atom is -0.360 e. The van der Waals surface area contributed by atoms with E-state index in [1.165, 1.54) is 18.3 Å². The maximum absolute atomic E-state index is 13.6. The number of benzene rings is 1. The zero-order chi connectivity index (χ0) is 20.1. The number of nitrogens with zero attached hydrogens (tertiary/aromatic N) is 2. The fraction of sp³-hybridized carbons (Fsp3) is 0.476. The van der Waals surface area contributed by atoms with Crippen LogP contribution >= 0.6 is 0 Å². The minimum atomic E-state index is -0.872. The zero-order valence-corrected chi connectivity index (χ0v) is 16.1. The molecule has 0 saturated carbocycles. The van der Waals surface area contributed by atoms with Crippen LogP contribution in [0.25, 0.3) is 10.9 Å². The third-order valence-corrected chi connectivity index (χ3v) is 6.08. The van der Waals surface area contributed by atoms with Gasteiger partial charge in [-0.15, -0.1) is 0 Å². The maximum atomic E-state index is 13.6. The van der Waals surface area contributed by atoms with Crippen molar-refractivity contribution in [3.05, 3.63) is 46.0 Å². The Morgan fingerprint density at radius 1 is 1.18 bits per heavy atom. The number of halogens is 1. The Balaban J connectivity index is 1.75. The number of pyridine rings is 1. The summed E-state index contributed by atoms with van der Waals surface area (Å²) < 4.78 is 13.6. The van der Waals surface area contributed by atoms with Gasteiger partial charge in [0.1, 0.15) is 16.9 Å². The second-order valence-electron chi connectivity index (χ2n) is 8.01. The van der Waals surface area contributed by atoms with Gasteiger partial charge in [-0.3, -0.25) is 14.4 Å². The molecule has 0 radical (unpaired) electrons. The van der Waals surface area contributed by atoms with Gasteiger partial charge in [0.2, 0.25) is 11.3 Å². The van der Waals surface area contributed by atoms with Crippen molar-refractivity contribution in [3.63, 3.8) is 0 Å². The Labute approximate surface area is 162 Å². The third kappa shape index (κ3) is 2.72. The van der Waals surface area contributed by atoms with Crippen LogP contribution in [0.3, 0.4) is 0 Å². The topological polar surface area (TPSA) is 73.5 Å². The molecular weight excluding hydrogens is 361 g/mol. The summed E-state index contributed by atoms with van der Waals surface area (Å²) in [4.78, 5) is 45.8. The number of piperidine rings is 1. The number of aromatic nitrogens is 1. The lowest BCUT2D eigenvalue weighted by atomic mass is 9.84. The highest BCUT2D eigenvalue weighted by Gasteiger charge is 2.53. The van der Waals surface area contributed by atoms with E-state index in [0.29, 0.717) is 31.4 Å². The average Bonchev–Trinajstić information content (AvgIpc) is 3.08. The second kappa shape index (κ2) is 6.72. The summed E-state index contributed by atoms with van der Waals surface area (Å²) in [5.41, 5.74) is -0.958. The Morgan fingerprint density at radius 2 is 1.89 bits per heavy atom. The molecule has 1 aromatic carbocycles. The molecule has 2 fully saturated rings.